The first-order chi connectivity index (χ1) is 17.1. The van der Waals surface area contributed by atoms with Crippen molar-refractivity contribution in [3.05, 3.63) is 106 Å². The highest BCUT2D eigenvalue weighted by molar-refractivity contribution is 7.09. The number of hydrogen-bond donors (Lipinski definition) is 2. The minimum Gasteiger partial charge on any atom is -0.348 e. The van der Waals surface area contributed by atoms with Crippen molar-refractivity contribution in [2.45, 2.75) is 20.0 Å². The van der Waals surface area contributed by atoms with Crippen LogP contribution in [0.15, 0.2) is 78.6 Å². The summed E-state index contributed by atoms with van der Waals surface area (Å²) < 4.78 is 1.82. The van der Waals surface area contributed by atoms with Gasteiger partial charge in [-0.2, -0.15) is 5.10 Å². The second-order valence-corrected chi connectivity index (χ2v) is 9.04. The third-order valence-electron chi connectivity index (χ3n) is 5.45. The summed E-state index contributed by atoms with van der Waals surface area (Å²) >= 11 is 1.66. The van der Waals surface area contributed by atoms with Gasteiger partial charge in [0.2, 0.25) is 0 Å². The number of amides is 2. The van der Waals surface area contributed by atoms with E-state index in [1.54, 1.807) is 48.1 Å². The molecule has 0 spiro atoms. The van der Waals surface area contributed by atoms with Crippen LogP contribution in [-0.2, 0) is 13.1 Å². The Labute approximate surface area is 205 Å². The highest BCUT2D eigenvalue weighted by Gasteiger charge is 2.16. The lowest BCUT2D eigenvalue weighted by atomic mass is 10.1. The van der Waals surface area contributed by atoms with Crippen LogP contribution in [0, 0.1) is 6.92 Å². The Morgan fingerprint density at radius 3 is 2.69 bits per heavy atom. The Kier molecular flexibility index (Phi) is 6.32. The number of nitrogens with zero attached hydrogens (tertiary/aromatic N) is 4. The highest BCUT2D eigenvalue weighted by atomic mass is 32.1. The van der Waals surface area contributed by atoms with E-state index in [9.17, 15) is 9.59 Å². The molecule has 4 aromatic heterocycles. The van der Waals surface area contributed by atoms with E-state index in [0.717, 1.165) is 11.3 Å². The van der Waals surface area contributed by atoms with Gasteiger partial charge in [-0.25, -0.2) is 9.67 Å². The number of carbonyl (C=O) groups is 2. The Morgan fingerprint density at radius 1 is 1.03 bits per heavy atom. The second kappa shape index (κ2) is 9.86. The van der Waals surface area contributed by atoms with E-state index in [2.05, 4.69) is 31.8 Å². The molecule has 0 aliphatic rings. The third-order valence-corrected chi connectivity index (χ3v) is 6.31. The van der Waals surface area contributed by atoms with Crippen molar-refractivity contribution >= 4 is 39.9 Å². The molecule has 1 aromatic carbocycles. The van der Waals surface area contributed by atoms with Crippen LogP contribution >= 0.6 is 11.3 Å². The van der Waals surface area contributed by atoms with Gasteiger partial charge in [0.05, 0.1) is 23.7 Å². The quantitative estimate of drug-likeness (QED) is 0.357. The van der Waals surface area contributed by atoms with Crippen molar-refractivity contribution in [3.8, 4) is 0 Å². The largest absolute Gasteiger partial charge is 0.348 e. The topological polar surface area (TPSA) is 102 Å². The maximum absolute atomic E-state index is 13.1. The van der Waals surface area contributed by atoms with E-state index in [1.807, 2.05) is 47.3 Å². The molecule has 35 heavy (non-hydrogen) atoms. The fourth-order valence-electron chi connectivity index (χ4n) is 3.77. The van der Waals surface area contributed by atoms with E-state index in [0.29, 0.717) is 40.9 Å². The predicted molar refractivity (Wildman–Crippen MR) is 135 cm³/mol. The van der Waals surface area contributed by atoms with Gasteiger partial charge in [0, 0.05) is 40.8 Å². The SMILES string of the molecule is Cc1cc(C(=O)NCc2cccc(NC(=O)c3ccncc3)c2)c2cnn(Cc3cccs3)c2n1. The lowest BCUT2D eigenvalue weighted by molar-refractivity contribution is 0.0951. The molecule has 8 nitrogen and oxygen atoms in total. The van der Waals surface area contributed by atoms with Gasteiger partial charge in [-0.15, -0.1) is 11.3 Å². The fraction of sp³-hybridized carbons (Fsp3) is 0.115. The smallest absolute Gasteiger partial charge is 0.255 e. The summed E-state index contributed by atoms with van der Waals surface area (Å²) in [6.07, 6.45) is 4.84. The van der Waals surface area contributed by atoms with Crippen molar-refractivity contribution in [1.82, 2.24) is 25.1 Å². The minimum atomic E-state index is -0.220. The molecule has 0 unspecified atom stereocenters. The summed E-state index contributed by atoms with van der Waals surface area (Å²) in [5, 5.41) is 13.1. The van der Waals surface area contributed by atoms with Gasteiger partial charge in [-0.3, -0.25) is 14.6 Å². The van der Waals surface area contributed by atoms with E-state index in [1.165, 1.54) is 4.88 Å². The maximum atomic E-state index is 13.1. The Balaban J connectivity index is 1.30. The summed E-state index contributed by atoms with van der Waals surface area (Å²) in [6.45, 7) is 2.79. The molecule has 0 fully saturated rings. The third kappa shape index (κ3) is 5.10. The number of rotatable bonds is 7. The van der Waals surface area contributed by atoms with E-state index >= 15 is 0 Å². The number of carbonyl (C=O) groups excluding carboxylic acids is 2. The Hall–Kier alpha value is -4.37. The van der Waals surface area contributed by atoms with Crippen LogP contribution < -0.4 is 10.6 Å². The molecule has 0 radical (unpaired) electrons. The number of thiophene rings is 1. The number of benzene rings is 1. The van der Waals surface area contributed by atoms with Crippen LogP contribution in [0.1, 0.15) is 36.9 Å². The average molecular weight is 483 g/mol. The Bertz CT molecular complexity index is 1500. The molecular weight excluding hydrogens is 460 g/mol. The summed E-state index contributed by atoms with van der Waals surface area (Å²) in [5.41, 5.74) is 4.00. The van der Waals surface area contributed by atoms with Gasteiger partial charge in [-0.1, -0.05) is 18.2 Å². The van der Waals surface area contributed by atoms with E-state index in [4.69, 9.17) is 0 Å². The van der Waals surface area contributed by atoms with Gasteiger partial charge < -0.3 is 10.6 Å². The number of anilines is 1. The predicted octanol–water partition coefficient (Wildman–Crippen LogP) is 4.43. The summed E-state index contributed by atoms with van der Waals surface area (Å²) in [7, 11) is 0. The number of fused-ring (bicyclic) bond motifs is 1. The molecule has 5 rings (SSSR count). The number of aryl methyl sites for hydroxylation is 1. The normalized spacial score (nSPS) is 10.9. The van der Waals surface area contributed by atoms with Crippen LogP contribution in [0.2, 0.25) is 0 Å². The molecule has 0 aliphatic carbocycles. The fourth-order valence-corrected chi connectivity index (χ4v) is 4.46. The van der Waals surface area contributed by atoms with Gasteiger partial charge in [0.25, 0.3) is 11.8 Å². The van der Waals surface area contributed by atoms with Crippen molar-refractivity contribution < 1.29 is 9.59 Å². The molecule has 0 atom stereocenters. The molecule has 0 bridgehead atoms. The molecule has 5 aromatic rings. The van der Waals surface area contributed by atoms with Gasteiger partial charge in [0.15, 0.2) is 5.65 Å². The first-order valence-corrected chi connectivity index (χ1v) is 11.9. The van der Waals surface area contributed by atoms with E-state index in [-0.39, 0.29) is 11.8 Å². The number of pyridine rings is 2. The van der Waals surface area contributed by atoms with Crippen molar-refractivity contribution in [2.75, 3.05) is 5.32 Å². The average Bonchev–Trinajstić information content (AvgIpc) is 3.53. The second-order valence-electron chi connectivity index (χ2n) is 8.00. The van der Waals surface area contributed by atoms with Gasteiger partial charge >= 0.3 is 0 Å². The summed E-state index contributed by atoms with van der Waals surface area (Å²) in [5.74, 6) is -0.426. The summed E-state index contributed by atoms with van der Waals surface area (Å²) in [6, 6.07) is 16.5. The molecule has 0 saturated heterocycles. The van der Waals surface area contributed by atoms with Crippen LogP contribution in [0.4, 0.5) is 5.69 Å². The number of aromatic nitrogens is 4. The standard InChI is InChI=1S/C26H22N6O2S/c1-17-12-22(23-15-29-32(24(23)30-17)16-21-6-3-11-35-21)26(34)28-14-18-4-2-5-20(13-18)31-25(33)19-7-9-27-10-8-19/h2-13,15H,14,16H2,1H3,(H,28,34)(H,31,33). The van der Waals surface area contributed by atoms with Gasteiger partial charge in [-0.05, 0) is 54.3 Å². The Morgan fingerprint density at radius 2 is 1.89 bits per heavy atom. The van der Waals surface area contributed by atoms with Crippen molar-refractivity contribution in [1.29, 1.82) is 0 Å². The summed E-state index contributed by atoms with van der Waals surface area (Å²) in [4.78, 5) is 35.2. The lowest BCUT2D eigenvalue weighted by Crippen LogP contribution is -2.23. The number of hydrogen-bond acceptors (Lipinski definition) is 6. The zero-order valence-electron chi connectivity index (χ0n) is 18.9. The molecule has 2 N–H and O–H groups in total. The minimum absolute atomic E-state index is 0.206. The zero-order valence-corrected chi connectivity index (χ0v) is 19.7. The first-order valence-electron chi connectivity index (χ1n) is 11.0. The van der Waals surface area contributed by atoms with Gasteiger partial charge in [0.1, 0.15) is 0 Å². The molecule has 0 aliphatic heterocycles. The molecule has 2 amide bonds. The molecule has 174 valence electrons. The van der Waals surface area contributed by atoms with Crippen LogP contribution in [0.25, 0.3) is 11.0 Å². The zero-order chi connectivity index (χ0) is 24.2. The molecule has 0 saturated carbocycles. The maximum Gasteiger partial charge on any atom is 0.255 e. The lowest BCUT2D eigenvalue weighted by Gasteiger charge is -2.10. The highest BCUT2D eigenvalue weighted by Crippen LogP contribution is 2.21. The van der Waals surface area contributed by atoms with Crippen LogP contribution in [-0.4, -0.2) is 31.6 Å². The monoisotopic (exact) mass is 482 g/mol. The molecule has 4 heterocycles. The van der Waals surface area contributed by atoms with Crippen LogP contribution in [0.3, 0.4) is 0 Å². The first kappa shape index (κ1) is 22.4. The van der Waals surface area contributed by atoms with Crippen molar-refractivity contribution in [3.63, 3.8) is 0 Å². The van der Waals surface area contributed by atoms with Crippen LogP contribution in [0.5, 0.6) is 0 Å². The number of nitrogens with one attached hydrogen (secondary N) is 2. The van der Waals surface area contributed by atoms with E-state index < -0.39 is 0 Å². The van der Waals surface area contributed by atoms with Crippen molar-refractivity contribution in [2.24, 2.45) is 0 Å². The molecule has 9 heteroatoms. The molecular formula is C26H22N6O2S.